The van der Waals surface area contributed by atoms with Gasteiger partial charge in [-0.2, -0.15) is 5.10 Å². The van der Waals surface area contributed by atoms with Crippen LogP contribution in [-0.4, -0.2) is 42.6 Å². The first-order valence-electron chi connectivity index (χ1n) is 9.03. The maximum atomic E-state index is 12.7. The Morgan fingerprint density at radius 2 is 2.00 bits per heavy atom. The molecule has 0 aliphatic heterocycles. The third-order valence-corrected chi connectivity index (χ3v) is 5.76. The zero-order valence-corrected chi connectivity index (χ0v) is 17.2. The Balaban J connectivity index is 1.50. The van der Waals surface area contributed by atoms with E-state index in [1.54, 1.807) is 29.4 Å². The van der Waals surface area contributed by atoms with Crippen LogP contribution in [0.2, 0.25) is 0 Å². The Morgan fingerprint density at radius 1 is 1.21 bits per heavy atom. The number of benzene rings is 1. The molecule has 1 aromatic carbocycles. The van der Waals surface area contributed by atoms with Crippen molar-refractivity contribution in [3.8, 4) is 0 Å². The molecule has 0 fully saturated rings. The summed E-state index contributed by atoms with van der Waals surface area (Å²) in [6.07, 6.45) is 1.82. The van der Waals surface area contributed by atoms with Crippen LogP contribution in [-0.2, 0) is 13.1 Å². The van der Waals surface area contributed by atoms with Gasteiger partial charge in [-0.25, -0.2) is 9.97 Å². The molecule has 7 nitrogen and oxygen atoms in total. The second kappa shape index (κ2) is 7.20. The molecule has 1 N–H and O–H groups in total. The van der Waals surface area contributed by atoms with Crippen LogP contribution in [0.15, 0.2) is 29.9 Å². The predicted octanol–water partition coefficient (Wildman–Crippen LogP) is 3.46. The van der Waals surface area contributed by atoms with E-state index in [0.717, 1.165) is 27.4 Å². The summed E-state index contributed by atoms with van der Waals surface area (Å²) >= 11 is 1.56. The van der Waals surface area contributed by atoms with Gasteiger partial charge in [0.2, 0.25) is 0 Å². The Bertz CT molecular complexity index is 1150. The molecule has 0 radical (unpaired) electrons. The second-order valence-electron chi connectivity index (χ2n) is 7.12. The van der Waals surface area contributed by atoms with Gasteiger partial charge >= 0.3 is 0 Å². The van der Waals surface area contributed by atoms with Crippen LogP contribution in [0.25, 0.3) is 11.0 Å². The molecule has 0 saturated heterocycles. The number of hydrogen-bond donors (Lipinski definition) is 1. The van der Waals surface area contributed by atoms with Gasteiger partial charge in [0.25, 0.3) is 5.91 Å². The molecule has 0 spiro atoms. The molecule has 3 aromatic heterocycles. The Morgan fingerprint density at radius 3 is 2.75 bits per heavy atom. The molecule has 8 heteroatoms. The van der Waals surface area contributed by atoms with Crippen molar-refractivity contribution >= 4 is 28.3 Å². The maximum Gasteiger partial charge on any atom is 0.274 e. The first kappa shape index (κ1) is 18.4. The van der Waals surface area contributed by atoms with Gasteiger partial charge in [0.15, 0.2) is 0 Å². The highest BCUT2D eigenvalue weighted by molar-refractivity contribution is 7.09. The molecular formula is C20H22N6OS. The molecule has 28 heavy (non-hydrogen) atoms. The van der Waals surface area contributed by atoms with Gasteiger partial charge in [0.1, 0.15) is 10.7 Å². The average Bonchev–Trinajstić information content (AvgIpc) is 3.37. The molecular weight excluding hydrogens is 372 g/mol. The molecule has 4 rings (SSSR count). The summed E-state index contributed by atoms with van der Waals surface area (Å²) in [6, 6.07) is 6.04. The van der Waals surface area contributed by atoms with Crippen molar-refractivity contribution in [1.29, 1.82) is 0 Å². The van der Waals surface area contributed by atoms with Crippen LogP contribution in [0.1, 0.15) is 38.0 Å². The summed E-state index contributed by atoms with van der Waals surface area (Å²) < 4.78 is 2.06. The number of H-pyrrole nitrogens is 1. The number of fused-ring (bicyclic) bond motifs is 1. The number of amides is 1. The van der Waals surface area contributed by atoms with Gasteiger partial charge in [-0.1, -0.05) is 0 Å². The Kier molecular flexibility index (Phi) is 4.72. The van der Waals surface area contributed by atoms with Crippen LogP contribution in [0.5, 0.6) is 0 Å². The fourth-order valence-corrected chi connectivity index (χ4v) is 3.94. The zero-order valence-electron chi connectivity index (χ0n) is 16.4. The maximum absolute atomic E-state index is 12.7. The van der Waals surface area contributed by atoms with E-state index in [1.165, 1.54) is 11.1 Å². The zero-order chi connectivity index (χ0) is 19.8. The number of aryl methyl sites for hydroxylation is 3. The van der Waals surface area contributed by atoms with E-state index in [1.807, 2.05) is 18.6 Å². The van der Waals surface area contributed by atoms with Crippen molar-refractivity contribution in [3.63, 3.8) is 0 Å². The minimum absolute atomic E-state index is 0.127. The molecule has 4 aromatic rings. The number of aromatic amines is 1. The largest absolute Gasteiger partial charge is 0.334 e. The number of nitrogens with one attached hydrogen (secondary N) is 1. The van der Waals surface area contributed by atoms with Gasteiger partial charge in [-0.3, -0.25) is 9.89 Å². The van der Waals surface area contributed by atoms with Gasteiger partial charge in [0, 0.05) is 18.1 Å². The third kappa shape index (κ3) is 3.55. The summed E-state index contributed by atoms with van der Waals surface area (Å²) in [5.74, 6) is -0.127. The first-order valence-corrected chi connectivity index (χ1v) is 9.91. The molecule has 0 aliphatic carbocycles. The van der Waals surface area contributed by atoms with E-state index >= 15 is 0 Å². The molecule has 0 saturated carbocycles. The van der Waals surface area contributed by atoms with E-state index in [9.17, 15) is 4.79 Å². The van der Waals surface area contributed by atoms with Crippen LogP contribution < -0.4 is 0 Å². The fraction of sp³-hybridized carbons (Fsp3) is 0.300. The minimum atomic E-state index is -0.127. The van der Waals surface area contributed by atoms with Gasteiger partial charge < -0.3 is 9.47 Å². The predicted molar refractivity (Wildman–Crippen MR) is 110 cm³/mol. The van der Waals surface area contributed by atoms with Gasteiger partial charge in [0.05, 0.1) is 36.1 Å². The van der Waals surface area contributed by atoms with Gasteiger partial charge in [-0.05, 0) is 50.1 Å². The summed E-state index contributed by atoms with van der Waals surface area (Å²) in [4.78, 5) is 23.2. The van der Waals surface area contributed by atoms with Crippen molar-refractivity contribution in [3.05, 3.63) is 63.1 Å². The van der Waals surface area contributed by atoms with E-state index in [4.69, 9.17) is 0 Å². The van der Waals surface area contributed by atoms with Crippen molar-refractivity contribution in [2.45, 2.75) is 33.9 Å². The summed E-state index contributed by atoms with van der Waals surface area (Å²) in [7, 11) is 1.77. The summed E-state index contributed by atoms with van der Waals surface area (Å²) in [6.45, 7) is 7.19. The van der Waals surface area contributed by atoms with Crippen molar-refractivity contribution < 1.29 is 4.79 Å². The lowest BCUT2D eigenvalue weighted by atomic mass is 10.1. The Labute approximate surface area is 167 Å². The molecule has 1 amide bonds. The van der Waals surface area contributed by atoms with E-state index in [-0.39, 0.29) is 5.91 Å². The number of carbonyl (C=O) groups is 1. The highest BCUT2D eigenvalue weighted by Gasteiger charge is 2.17. The molecule has 0 atom stereocenters. The van der Waals surface area contributed by atoms with E-state index < -0.39 is 0 Å². The standard InChI is InChI=1S/C20H22N6OS/c1-12-5-16-18(6-13(12)2)26(11-21-16)8-15-7-17(24-23-15)20(27)25(4)9-19-22-14(3)10-28-19/h5-7,10-11H,8-9H2,1-4H3,(H,23,24). The van der Waals surface area contributed by atoms with Crippen LogP contribution in [0.3, 0.4) is 0 Å². The SMILES string of the molecule is Cc1csc(CN(C)C(=O)c2cc(Cn3cnc4cc(C)c(C)cc43)[nH]n2)n1. The highest BCUT2D eigenvalue weighted by atomic mass is 32.1. The first-order chi connectivity index (χ1) is 13.4. The lowest BCUT2D eigenvalue weighted by Crippen LogP contribution is -2.26. The number of carbonyl (C=O) groups excluding carboxylic acids is 1. The smallest absolute Gasteiger partial charge is 0.274 e. The Hall–Kier alpha value is -3.00. The van der Waals surface area contributed by atoms with Crippen molar-refractivity contribution in [2.75, 3.05) is 7.05 Å². The normalized spacial score (nSPS) is 11.3. The summed E-state index contributed by atoms with van der Waals surface area (Å²) in [5, 5.41) is 10.1. The third-order valence-electron chi connectivity index (χ3n) is 4.81. The van der Waals surface area contributed by atoms with Gasteiger partial charge in [-0.15, -0.1) is 11.3 Å². The number of nitrogens with zero attached hydrogens (tertiary/aromatic N) is 5. The van der Waals surface area contributed by atoms with E-state index in [2.05, 4.69) is 50.7 Å². The lowest BCUT2D eigenvalue weighted by Gasteiger charge is -2.13. The quantitative estimate of drug-likeness (QED) is 0.562. The van der Waals surface area contributed by atoms with Crippen molar-refractivity contribution in [1.82, 2.24) is 29.6 Å². The topological polar surface area (TPSA) is 79.7 Å². The molecule has 0 bridgehead atoms. The monoisotopic (exact) mass is 394 g/mol. The van der Waals surface area contributed by atoms with Crippen LogP contribution in [0.4, 0.5) is 0 Å². The fourth-order valence-electron chi connectivity index (χ4n) is 3.12. The number of rotatable bonds is 5. The molecule has 0 aliphatic rings. The summed E-state index contributed by atoms with van der Waals surface area (Å²) in [5.41, 5.74) is 6.74. The average molecular weight is 395 g/mol. The lowest BCUT2D eigenvalue weighted by molar-refractivity contribution is 0.0779. The molecule has 144 valence electrons. The minimum Gasteiger partial charge on any atom is -0.334 e. The van der Waals surface area contributed by atoms with Crippen molar-refractivity contribution in [2.24, 2.45) is 0 Å². The number of aromatic nitrogens is 5. The number of hydrogen-bond acceptors (Lipinski definition) is 5. The highest BCUT2D eigenvalue weighted by Crippen LogP contribution is 2.19. The van der Waals surface area contributed by atoms with Crippen LogP contribution >= 0.6 is 11.3 Å². The van der Waals surface area contributed by atoms with Crippen LogP contribution in [0, 0.1) is 20.8 Å². The second-order valence-corrected chi connectivity index (χ2v) is 8.06. The molecule has 3 heterocycles. The van der Waals surface area contributed by atoms with E-state index in [0.29, 0.717) is 18.8 Å². The number of thiazole rings is 1. The number of imidazole rings is 1. The molecule has 0 unspecified atom stereocenters.